The fraction of sp³-hybridized carbons (Fsp3) is 0.966. The van der Waals surface area contributed by atoms with Crippen molar-refractivity contribution in [3.8, 4) is 0 Å². The monoisotopic (exact) mass is 488 g/mol. The standard InChI is InChI=1S/C29H44O6/c1-16-12-28(13-17(2)22(30)33-28)32-18-14-25(6)20-9-8-19-23(3,4)34-26(7)29(19,31)15-27(20,35-26)11-10-24(25,5)21(16)18/h16-21,31H,8-15H2,1-7H3. The lowest BCUT2D eigenvalue weighted by atomic mass is 9.46. The van der Waals surface area contributed by atoms with Gasteiger partial charge in [0.1, 0.15) is 5.60 Å². The van der Waals surface area contributed by atoms with E-state index >= 15 is 0 Å². The van der Waals surface area contributed by atoms with E-state index in [4.69, 9.17) is 18.9 Å². The van der Waals surface area contributed by atoms with Crippen LogP contribution in [0.15, 0.2) is 0 Å². The molecule has 6 nitrogen and oxygen atoms in total. The van der Waals surface area contributed by atoms with Crippen LogP contribution in [0.5, 0.6) is 0 Å². The van der Waals surface area contributed by atoms with Gasteiger partial charge in [-0.3, -0.25) is 4.79 Å². The van der Waals surface area contributed by atoms with Gasteiger partial charge in [-0.1, -0.05) is 27.7 Å². The second-order valence-corrected chi connectivity index (χ2v) is 14.9. The Morgan fingerprint density at radius 3 is 2.29 bits per heavy atom. The molecule has 0 aromatic rings. The molecule has 6 heteroatoms. The number of carbonyl (C=O) groups is 1. The minimum absolute atomic E-state index is 0.0180. The van der Waals surface area contributed by atoms with Crippen molar-refractivity contribution in [2.75, 3.05) is 0 Å². The first kappa shape index (κ1) is 23.4. The summed E-state index contributed by atoms with van der Waals surface area (Å²) in [6.45, 7) is 15.6. The van der Waals surface area contributed by atoms with Gasteiger partial charge in [-0.25, -0.2) is 0 Å². The molecule has 12 atom stereocenters. The predicted molar refractivity (Wildman–Crippen MR) is 128 cm³/mol. The molecule has 7 fully saturated rings. The highest BCUT2D eigenvalue weighted by Crippen LogP contribution is 2.77. The molecule has 0 aromatic carbocycles. The van der Waals surface area contributed by atoms with Crippen molar-refractivity contribution < 1.29 is 28.8 Å². The van der Waals surface area contributed by atoms with Gasteiger partial charge in [0.15, 0.2) is 5.79 Å². The smallest absolute Gasteiger partial charge is 0.311 e. The minimum atomic E-state index is -0.947. The normalized spacial score (nSPS) is 63.9. The van der Waals surface area contributed by atoms with Crippen LogP contribution < -0.4 is 0 Å². The van der Waals surface area contributed by atoms with Crippen LogP contribution in [0.1, 0.15) is 99.8 Å². The Bertz CT molecular complexity index is 996. The van der Waals surface area contributed by atoms with Gasteiger partial charge >= 0.3 is 5.97 Å². The zero-order chi connectivity index (χ0) is 25.0. The molecule has 1 N–H and O–H groups in total. The lowest BCUT2D eigenvalue weighted by molar-refractivity contribution is -0.305. The summed E-state index contributed by atoms with van der Waals surface area (Å²) in [7, 11) is 0. The van der Waals surface area contributed by atoms with Gasteiger partial charge in [0.05, 0.1) is 23.2 Å². The molecular formula is C29H44O6. The maximum absolute atomic E-state index is 12.4. The van der Waals surface area contributed by atoms with Gasteiger partial charge in [0, 0.05) is 25.2 Å². The third kappa shape index (κ3) is 2.50. The van der Waals surface area contributed by atoms with E-state index in [9.17, 15) is 9.90 Å². The van der Waals surface area contributed by atoms with Crippen LogP contribution in [0.4, 0.5) is 0 Å². The molecule has 12 unspecified atom stereocenters. The summed E-state index contributed by atoms with van der Waals surface area (Å²) < 4.78 is 26.3. The maximum atomic E-state index is 12.4. The van der Waals surface area contributed by atoms with Crippen molar-refractivity contribution in [1.82, 2.24) is 0 Å². The second kappa shape index (κ2) is 6.30. The SMILES string of the molecule is CC1CC2(CC(C)C3C(CC4(C)C5CCC6C(C)(C)OC7(C)OC5(CCC34C)CC67O)O2)OC1=O. The molecule has 4 aliphatic heterocycles. The first-order valence-electron chi connectivity index (χ1n) is 14.2. The van der Waals surface area contributed by atoms with Gasteiger partial charge in [-0.05, 0) is 81.5 Å². The zero-order valence-electron chi connectivity index (χ0n) is 22.6. The van der Waals surface area contributed by atoms with E-state index in [1.54, 1.807) is 0 Å². The van der Waals surface area contributed by atoms with Crippen molar-refractivity contribution in [1.29, 1.82) is 0 Å². The number of carbonyl (C=O) groups excluding carboxylic acids is 1. The van der Waals surface area contributed by atoms with Crippen molar-refractivity contribution in [2.24, 2.45) is 40.4 Å². The Balaban J connectivity index is 1.28. The summed E-state index contributed by atoms with van der Waals surface area (Å²) in [6.07, 6.45) is 7.23. The van der Waals surface area contributed by atoms with Crippen LogP contribution in [-0.2, 0) is 23.7 Å². The molecule has 2 spiro atoms. The Hall–Kier alpha value is -0.690. The predicted octanol–water partition coefficient (Wildman–Crippen LogP) is 4.96. The van der Waals surface area contributed by atoms with Gasteiger partial charge in [0.25, 0.3) is 0 Å². The fourth-order valence-corrected chi connectivity index (χ4v) is 11.6. The van der Waals surface area contributed by atoms with E-state index < -0.39 is 22.8 Å². The Labute approximate surface area is 209 Å². The minimum Gasteiger partial charge on any atom is -0.433 e. The van der Waals surface area contributed by atoms with Gasteiger partial charge in [-0.15, -0.1) is 0 Å². The van der Waals surface area contributed by atoms with Crippen LogP contribution in [0.2, 0.25) is 0 Å². The summed E-state index contributed by atoms with van der Waals surface area (Å²) >= 11 is 0. The first-order chi connectivity index (χ1) is 16.1. The third-order valence-electron chi connectivity index (χ3n) is 12.8. The third-order valence-corrected chi connectivity index (χ3v) is 12.8. The van der Waals surface area contributed by atoms with Crippen molar-refractivity contribution >= 4 is 5.97 Å². The molecule has 35 heavy (non-hydrogen) atoms. The van der Waals surface area contributed by atoms with E-state index in [2.05, 4.69) is 34.6 Å². The Morgan fingerprint density at radius 2 is 1.60 bits per heavy atom. The van der Waals surface area contributed by atoms with E-state index in [0.29, 0.717) is 30.6 Å². The van der Waals surface area contributed by atoms with E-state index in [1.807, 2.05) is 13.8 Å². The molecular weight excluding hydrogens is 444 g/mol. The van der Waals surface area contributed by atoms with Crippen molar-refractivity contribution in [2.45, 2.75) is 134 Å². The summed E-state index contributed by atoms with van der Waals surface area (Å²) in [5.41, 5.74) is -1.56. The first-order valence-corrected chi connectivity index (χ1v) is 14.2. The molecule has 0 aromatic heterocycles. The average Bonchev–Trinajstić information content (AvgIpc) is 3.20. The molecule has 3 aliphatic carbocycles. The number of hydrogen-bond donors (Lipinski definition) is 1. The largest absolute Gasteiger partial charge is 0.433 e. The summed E-state index contributed by atoms with van der Waals surface area (Å²) in [4.78, 5) is 12.4. The van der Waals surface area contributed by atoms with Crippen LogP contribution >= 0.6 is 0 Å². The average molecular weight is 489 g/mol. The molecule has 196 valence electrons. The van der Waals surface area contributed by atoms with Gasteiger partial charge < -0.3 is 24.1 Å². The van der Waals surface area contributed by atoms with Crippen molar-refractivity contribution in [3.63, 3.8) is 0 Å². The molecule has 4 heterocycles. The molecule has 3 saturated carbocycles. The molecule has 7 rings (SSSR count). The summed E-state index contributed by atoms with van der Waals surface area (Å²) in [5, 5.41) is 12.1. The van der Waals surface area contributed by atoms with Crippen LogP contribution in [-0.4, -0.2) is 45.6 Å². The topological polar surface area (TPSA) is 74.2 Å². The van der Waals surface area contributed by atoms with Gasteiger partial charge in [-0.2, -0.15) is 0 Å². The number of aliphatic hydroxyl groups is 1. The number of hydrogen-bond acceptors (Lipinski definition) is 6. The maximum Gasteiger partial charge on any atom is 0.311 e. The van der Waals surface area contributed by atoms with Crippen LogP contribution in [0.25, 0.3) is 0 Å². The lowest BCUT2D eigenvalue weighted by Crippen LogP contribution is -2.59. The lowest BCUT2D eigenvalue weighted by Gasteiger charge is -2.60. The van der Waals surface area contributed by atoms with Crippen molar-refractivity contribution in [3.05, 3.63) is 0 Å². The fourth-order valence-electron chi connectivity index (χ4n) is 11.6. The van der Waals surface area contributed by atoms with Crippen LogP contribution in [0, 0.1) is 40.4 Å². The van der Waals surface area contributed by atoms with E-state index in [0.717, 1.165) is 38.5 Å². The molecule has 0 radical (unpaired) electrons. The Kier molecular flexibility index (Phi) is 4.22. The van der Waals surface area contributed by atoms with E-state index in [-0.39, 0.29) is 40.3 Å². The molecule has 0 amide bonds. The summed E-state index contributed by atoms with van der Waals surface area (Å²) in [6, 6.07) is 0. The quantitative estimate of drug-likeness (QED) is 0.486. The highest BCUT2D eigenvalue weighted by molar-refractivity contribution is 5.74. The van der Waals surface area contributed by atoms with Gasteiger partial charge in [0.2, 0.25) is 5.79 Å². The highest BCUT2D eigenvalue weighted by atomic mass is 16.7. The van der Waals surface area contributed by atoms with Crippen LogP contribution in [0.3, 0.4) is 0 Å². The second-order valence-electron chi connectivity index (χ2n) is 14.9. The molecule has 4 saturated heterocycles. The number of ether oxygens (including phenoxy) is 4. The highest BCUT2D eigenvalue weighted by Gasteiger charge is 2.81. The summed E-state index contributed by atoms with van der Waals surface area (Å²) in [5.74, 6) is -0.624. The number of fused-ring (bicyclic) bond motifs is 4. The molecule has 2 bridgehead atoms. The van der Waals surface area contributed by atoms with E-state index in [1.165, 1.54) is 0 Å². The number of esters is 1. The number of rotatable bonds is 0. The zero-order valence-corrected chi connectivity index (χ0v) is 22.6. The Morgan fingerprint density at radius 1 is 0.886 bits per heavy atom. The molecule has 7 aliphatic rings.